The zero-order valence-corrected chi connectivity index (χ0v) is 11.6. The quantitative estimate of drug-likeness (QED) is 0.803. The van der Waals surface area contributed by atoms with E-state index < -0.39 is 5.97 Å². The Bertz CT molecular complexity index is 216. The average Bonchev–Trinajstić information content (AvgIpc) is 2.63. The van der Waals surface area contributed by atoms with Crippen LogP contribution in [0.2, 0.25) is 0 Å². The zero-order valence-electron chi connectivity index (χ0n) is 10.0. The number of carbonyl (C=O) groups is 1. The minimum Gasteiger partial charge on any atom is -0.481 e. The zero-order chi connectivity index (χ0) is 11.3. The number of thioether (sulfide) groups is 1. The van der Waals surface area contributed by atoms with Crippen molar-refractivity contribution in [1.29, 1.82) is 0 Å². The van der Waals surface area contributed by atoms with Gasteiger partial charge in [0.1, 0.15) is 0 Å². The molecule has 0 aromatic rings. The molecular formula is C11H22ClNO2S. The Morgan fingerprint density at radius 2 is 2.19 bits per heavy atom. The maximum absolute atomic E-state index is 10.5. The van der Waals surface area contributed by atoms with Gasteiger partial charge < -0.3 is 10.0 Å². The molecule has 0 radical (unpaired) electrons. The summed E-state index contributed by atoms with van der Waals surface area (Å²) in [5.74, 6) is 0.496. The van der Waals surface area contributed by atoms with Crippen molar-refractivity contribution in [2.75, 3.05) is 19.3 Å². The monoisotopic (exact) mass is 267 g/mol. The number of carboxylic acids is 1. The Balaban J connectivity index is 0.00000225. The summed E-state index contributed by atoms with van der Waals surface area (Å²) in [6.07, 6.45) is 4.02. The molecule has 16 heavy (non-hydrogen) atoms. The van der Waals surface area contributed by atoms with E-state index in [-0.39, 0.29) is 18.8 Å². The highest BCUT2D eigenvalue weighted by molar-refractivity contribution is 7.99. The van der Waals surface area contributed by atoms with Gasteiger partial charge in [0, 0.05) is 17.8 Å². The Hall–Kier alpha value is 0.0700. The van der Waals surface area contributed by atoms with Crippen molar-refractivity contribution >= 4 is 30.1 Å². The molecule has 1 aliphatic carbocycles. The van der Waals surface area contributed by atoms with E-state index in [1.54, 1.807) is 0 Å². The molecule has 0 aromatic heterocycles. The molecule has 1 saturated carbocycles. The predicted molar refractivity (Wildman–Crippen MR) is 71.7 cm³/mol. The SMILES string of the molecule is CCSC1CCC(N(C)CCC(=O)O)C1.Cl. The fourth-order valence-corrected chi connectivity index (χ4v) is 3.29. The molecule has 0 amide bonds. The highest BCUT2D eigenvalue weighted by atomic mass is 35.5. The molecule has 0 bridgehead atoms. The fraction of sp³-hybridized carbons (Fsp3) is 0.909. The number of hydrogen-bond donors (Lipinski definition) is 1. The van der Waals surface area contributed by atoms with Crippen LogP contribution in [0.4, 0.5) is 0 Å². The van der Waals surface area contributed by atoms with Gasteiger partial charge in [-0.05, 0) is 32.1 Å². The van der Waals surface area contributed by atoms with E-state index in [2.05, 4.69) is 11.8 Å². The maximum Gasteiger partial charge on any atom is 0.304 e. The van der Waals surface area contributed by atoms with Crippen molar-refractivity contribution in [3.63, 3.8) is 0 Å². The topological polar surface area (TPSA) is 40.5 Å². The third-order valence-electron chi connectivity index (χ3n) is 3.06. The van der Waals surface area contributed by atoms with E-state index in [9.17, 15) is 4.79 Å². The van der Waals surface area contributed by atoms with Crippen molar-refractivity contribution in [3.8, 4) is 0 Å². The van der Waals surface area contributed by atoms with Crippen molar-refractivity contribution in [3.05, 3.63) is 0 Å². The van der Waals surface area contributed by atoms with E-state index in [4.69, 9.17) is 5.11 Å². The minimum absolute atomic E-state index is 0. The highest BCUT2D eigenvalue weighted by Crippen LogP contribution is 2.32. The lowest BCUT2D eigenvalue weighted by molar-refractivity contribution is -0.137. The molecule has 0 aromatic carbocycles. The van der Waals surface area contributed by atoms with Crippen LogP contribution >= 0.6 is 24.2 Å². The summed E-state index contributed by atoms with van der Waals surface area (Å²) in [5, 5.41) is 9.41. The molecule has 5 heteroatoms. The lowest BCUT2D eigenvalue weighted by Gasteiger charge is -2.23. The normalized spacial score (nSPS) is 24.4. The summed E-state index contributed by atoms with van der Waals surface area (Å²) >= 11 is 2.04. The van der Waals surface area contributed by atoms with E-state index in [1.165, 1.54) is 25.0 Å². The van der Waals surface area contributed by atoms with Crippen LogP contribution in [-0.2, 0) is 4.79 Å². The highest BCUT2D eigenvalue weighted by Gasteiger charge is 2.27. The second kappa shape index (κ2) is 8.20. The van der Waals surface area contributed by atoms with Crippen LogP contribution in [0.25, 0.3) is 0 Å². The van der Waals surface area contributed by atoms with Gasteiger partial charge in [0.2, 0.25) is 0 Å². The van der Waals surface area contributed by atoms with Gasteiger partial charge >= 0.3 is 5.97 Å². The first-order valence-corrected chi connectivity index (χ1v) is 6.72. The number of halogens is 1. The van der Waals surface area contributed by atoms with Gasteiger partial charge in [-0.3, -0.25) is 4.79 Å². The molecule has 0 saturated heterocycles. The number of hydrogen-bond acceptors (Lipinski definition) is 3. The van der Waals surface area contributed by atoms with Crippen LogP contribution in [0.5, 0.6) is 0 Å². The predicted octanol–water partition coefficient (Wildman–Crippen LogP) is 2.49. The van der Waals surface area contributed by atoms with Gasteiger partial charge in [-0.2, -0.15) is 11.8 Å². The van der Waals surface area contributed by atoms with Gasteiger partial charge in [-0.25, -0.2) is 0 Å². The molecule has 2 atom stereocenters. The molecule has 0 aliphatic heterocycles. The Kier molecular flexibility index (Phi) is 8.24. The summed E-state index contributed by atoms with van der Waals surface area (Å²) < 4.78 is 0. The standard InChI is InChI=1S/C11H21NO2S.ClH/c1-3-15-10-5-4-9(8-10)12(2)7-6-11(13)14;/h9-10H,3-8H2,1-2H3,(H,13,14);1H. The summed E-state index contributed by atoms with van der Waals surface area (Å²) in [6, 6.07) is 0.605. The van der Waals surface area contributed by atoms with E-state index in [1.807, 2.05) is 18.8 Å². The van der Waals surface area contributed by atoms with Crippen LogP contribution in [0.1, 0.15) is 32.6 Å². The molecule has 0 spiro atoms. The fourth-order valence-electron chi connectivity index (χ4n) is 2.16. The lowest BCUT2D eigenvalue weighted by atomic mass is 10.2. The first-order valence-electron chi connectivity index (χ1n) is 5.67. The average molecular weight is 268 g/mol. The van der Waals surface area contributed by atoms with Crippen molar-refractivity contribution < 1.29 is 9.90 Å². The first-order chi connectivity index (χ1) is 7.13. The van der Waals surface area contributed by atoms with E-state index >= 15 is 0 Å². The summed E-state index contributed by atoms with van der Waals surface area (Å²) in [4.78, 5) is 12.7. The van der Waals surface area contributed by atoms with Crippen molar-refractivity contribution in [1.82, 2.24) is 4.90 Å². The molecule has 1 aliphatic rings. The molecule has 96 valence electrons. The van der Waals surface area contributed by atoms with Gasteiger partial charge in [0.05, 0.1) is 6.42 Å². The maximum atomic E-state index is 10.5. The lowest BCUT2D eigenvalue weighted by Crippen LogP contribution is -2.31. The second-order valence-corrected chi connectivity index (χ2v) is 5.75. The number of rotatable bonds is 6. The molecule has 0 heterocycles. The van der Waals surface area contributed by atoms with Crippen molar-refractivity contribution in [2.24, 2.45) is 0 Å². The summed E-state index contributed by atoms with van der Waals surface area (Å²) in [5.41, 5.74) is 0. The second-order valence-electron chi connectivity index (χ2n) is 4.17. The van der Waals surface area contributed by atoms with Crippen LogP contribution < -0.4 is 0 Å². The Morgan fingerprint density at radius 1 is 1.50 bits per heavy atom. The van der Waals surface area contributed by atoms with Crippen LogP contribution in [-0.4, -0.2) is 46.6 Å². The molecule has 1 fully saturated rings. The van der Waals surface area contributed by atoms with Gasteiger partial charge in [-0.1, -0.05) is 6.92 Å². The number of carboxylic acid groups (broad SMARTS) is 1. The molecule has 1 rings (SSSR count). The van der Waals surface area contributed by atoms with E-state index in [0.29, 0.717) is 12.6 Å². The summed E-state index contributed by atoms with van der Waals surface area (Å²) in [7, 11) is 2.05. The Morgan fingerprint density at radius 3 is 2.75 bits per heavy atom. The number of aliphatic carboxylic acids is 1. The van der Waals surface area contributed by atoms with Crippen LogP contribution in [0, 0.1) is 0 Å². The van der Waals surface area contributed by atoms with Crippen LogP contribution in [0.3, 0.4) is 0 Å². The third kappa shape index (κ3) is 5.41. The van der Waals surface area contributed by atoms with Crippen molar-refractivity contribution in [2.45, 2.75) is 43.9 Å². The smallest absolute Gasteiger partial charge is 0.304 e. The molecular weight excluding hydrogens is 246 g/mol. The molecule has 3 nitrogen and oxygen atoms in total. The minimum atomic E-state index is -0.695. The van der Waals surface area contributed by atoms with Gasteiger partial charge in [-0.15, -0.1) is 12.4 Å². The Labute approximate surface area is 108 Å². The van der Waals surface area contributed by atoms with Gasteiger partial charge in [0.15, 0.2) is 0 Å². The van der Waals surface area contributed by atoms with E-state index in [0.717, 1.165) is 5.25 Å². The first kappa shape index (κ1) is 16.1. The van der Waals surface area contributed by atoms with Crippen LogP contribution in [0.15, 0.2) is 0 Å². The molecule has 1 N–H and O–H groups in total. The summed E-state index contributed by atoms with van der Waals surface area (Å²) in [6.45, 7) is 2.88. The number of nitrogens with zero attached hydrogens (tertiary/aromatic N) is 1. The molecule has 2 unspecified atom stereocenters. The largest absolute Gasteiger partial charge is 0.481 e. The van der Waals surface area contributed by atoms with Gasteiger partial charge in [0.25, 0.3) is 0 Å². The third-order valence-corrected chi connectivity index (χ3v) is 4.29.